The van der Waals surface area contributed by atoms with Crippen molar-refractivity contribution >= 4 is 23.2 Å². The highest BCUT2D eigenvalue weighted by molar-refractivity contribution is 7.12. The monoisotopic (exact) mass is 282 g/mol. The van der Waals surface area contributed by atoms with Gasteiger partial charge in [-0.05, 0) is 24.3 Å². The molecule has 0 spiro atoms. The number of nitrogens with one attached hydrogen (secondary N) is 1. The van der Waals surface area contributed by atoms with Crippen molar-refractivity contribution in [2.45, 2.75) is 33.1 Å². The molecule has 2 amide bonds. The van der Waals surface area contributed by atoms with E-state index in [-0.39, 0.29) is 11.8 Å². The maximum atomic E-state index is 12.0. The molecule has 1 aromatic rings. The second-order valence-electron chi connectivity index (χ2n) is 4.36. The molecule has 1 heterocycles. The Kier molecular flexibility index (Phi) is 7.18. The number of carbonyl (C=O) groups excluding carboxylic acids is 2. The number of rotatable bonds is 8. The number of carbonyl (C=O) groups is 2. The topological polar surface area (TPSA) is 49.4 Å². The molecule has 5 heteroatoms. The Hall–Kier alpha value is -1.36. The molecule has 1 rings (SSSR count). The SMILES string of the molecule is CCCN(CCC)C(=O)CCNC(=O)c1cccs1. The van der Waals surface area contributed by atoms with Crippen molar-refractivity contribution in [1.82, 2.24) is 10.2 Å². The van der Waals surface area contributed by atoms with Gasteiger partial charge in [-0.2, -0.15) is 0 Å². The molecule has 0 unspecified atom stereocenters. The van der Waals surface area contributed by atoms with Crippen molar-refractivity contribution in [1.29, 1.82) is 0 Å². The molecular formula is C14H22N2O2S. The number of hydrogen-bond donors (Lipinski definition) is 1. The number of thiophene rings is 1. The highest BCUT2D eigenvalue weighted by Gasteiger charge is 2.12. The van der Waals surface area contributed by atoms with Crippen molar-refractivity contribution in [3.8, 4) is 0 Å². The summed E-state index contributed by atoms with van der Waals surface area (Å²) in [6, 6.07) is 3.62. The summed E-state index contributed by atoms with van der Waals surface area (Å²) in [5.41, 5.74) is 0. The molecule has 0 aliphatic heterocycles. The lowest BCUT2D eigenvalue weighted by Gasteiger charge is -2.21. The normalized spacial score (nSPS) is 10.2. The Labute approximate surface area is 118 Å². The van der Waals surface area contributed by atoms with Crippen LogP contribution in [0.3, 0.4) is 0 Å². The van der Waals surface area contributed by atoms with Crippen LogP contribution in [0, 0.1) is 0 Å². The maximum Gasteiger partial charge on any atom is 0.261 e. The minimum Gasteiger partial charge on any atom is -0.351 e. The summed E-state index contributed by atoms with van der Waals surface area (Å²) < 4.78 is 0. The van der Waals surface area contributed by atoms with Crippen LogP contribution in [0.5, 0.6) is 0 Å². The van der Waals surface area contributed by atoms with Gasteiger partial charge < -0.3 is 10.2 Å². The van der Waals surface area contributed by atoms with Gasteiger partial charge in [0, 0.05) is 26.1 Å². The summed E-state index contributed by atoms with van der Waals surface area (Å²) >= 11 is 1.41. The highest BCUT2D eigenvalue weighted by Crippen LogP contribution is 2.07. The summed E-state index contributed by atoms with van der Waals surface area (Å²) in [4.78, 5) is 26.2. The van der Waals surface area contributed by atoms with Crippen molar-refractivity contribution in [3.05, 3.63) is 22.4 Å². The highest BCUT2D eigenvalue weighted by atomic mass is 32.1. The minimum atomic E-state index is -0.0969. The summed E-state index contributed by atoms with van der Waals surface area (Å²) in [6.07, 6.45) is 2.30. The fourth-order valence-electron chi connectivity index (χ4n) is 1.84. The molecule has 1 aromatic heterocycles. The van der Waals surface area contributed by atoms with Crippen molar-refractivity contribution in [3.63, 3.8) is 0 Å². The lowest BCUT2D eigenvalue weighted by molar-refractivity contribution is -0.131. The van der Waals surface area contributed by atoms with E-state index < -0.39 is 0 Å². The van der Waals surface area contributed by atoms with Gasteiger partial charge in [-0.25, -0.2) is 0 Å². The van der Waals surface area contributed by atoms with E-state index in [1.54, 1.807) is 6.07 Å². The van der Waals surface area contributed by atoms with Gasteiger partial charge in [0.1, 0.15) is 0 Å². The van der Waals surface area contributed by atoms with Crippen LogP contribution in [-0.2, 0) is 4.79 Å². The quantitative estimate of drug-likeness (QED) is 0.796. The van der Waals surface area contributed by atoms with Crippen LogP contribution < -0.4 is 5.32 Å². The van der Waals surface area contributed by atoms with Crippen LogP contribution in [0.4, 0.5) is 0 Å². The largest absolute Gasteiger partial charge is 0.351 e. The smallest absolute Gasteiger partial charge is 0.261 e. The number of amides is 2. The van der Waals surface area contributed by atoms with Crippen LogP contribution in [0.15, 0.2) is 17.5 Å². The molecule has 0 aliphatic rings. The fourth-order valence-corrected chi connectivity index (χ4v) is 2.48. The molecule has 1 N–H and O–H groups in total. The molecule has 19 heavy (non-hydrogen) atoms. The average Bonchev–Trinajstić information content (AvgIpc) is 2.92. The Morgan fingerprint density at radius 2 is 1.95 bits per heavy atom. The molecule has 0 saturated carbocycles. The summed E-state index contributed by atoms with van der Waals surface area (Å²) in [5, 5.41) is 4.64. The summed E-state index contributed by atoms with van der Waals surface area (Å²) in [5.74, 6) is 0.0236. The zero-order valence-electron chi connectivity index (χ0n) is 11.6. The lowest BCUT2D eigenvalue weighted by Crippen LogP contribution is -2.35. The van der Waals surface area contributed by atoms with Crippen LogP contribution >= 0.6 is 11.3 Å². The zero-order valence-corrected chi connectivity index (χ0v) is 12.5. The van der Waals surface area contributed by atoms with Gasteiger partial charge in [0.15, 0.2) is 0 Å². The molecule has 0 aliphatic carbocycles. The third-order valence-electron chi connectivity index (χ3n) is 2.71. The first-order valence-electron chi connectivity index (χ1n) is 6.78. The first-order valence-corrected chi connectivity index (χ1v) is 7.66. The van der Waals surface area contributed by atoms with E-state index in [0.29, 0.717) is 17.8 Å². The van der Waals surface area contributed by atoms with E-state index in [1.165, 1.54) is 11.3 Å². The van der Waals surface area contributed by atoms with Crippen LogP contribution in [0.2, 0.25) is 0 Å². The predicted octanol–water partition coefficient (Wildman–Crippen LogP) is 2.52. The third kappa shape index (κ3) is 5.42. The van der Waals surface area contributed by atoms with Crippen molar-refractivity contribution < 1.29 is 9.59 Å². The second kappa shape index (κ2) is 8.69. The average molecular weight is 282 g/mol. The molecule has 106 valence electrons. The van der Waals surface area contributed by atoms with Gasteiger partial charge in [-0.15, -0.1) is 11.3 Å². The molecular weight excluding hydrogens is 260 g/mol. The molecule has 0 fully saturated rings. The summed E-state index contributed by atoms with van der Waals surface area (Å²) in [7, 11) is 0. The van der Waals surface area contributed by atoms with E-state index in [4.69, 9.17) is 0 Å². The molecule has 0 aromatic carbocycles. The van der Waals surface area contributed by atoms with Crippen molar-refractivity contribution in [2.24, 2.45) is 0 Å². The Balaban J connectivity index is 2.31. The van der Waals surface area contributed by atoms with E-state index >= 15 is 0 Å². The van der Waals surface area contributed by atoms with Gasteiger partial charge in [0.2, 0.25) is 5.91 Å². The standard InChI is InChI=1S/C14H22N2O2S/c1-3-9-16(10-4-2)13(17)7-8-15-14(18)12-6-5-11-19-12/h5-6,11H,3-4,7-10H2,1-2H3,(H,15,18). The van der Waals surface area contributed by atoms with Crippen LogP contribution in [-0.4, -0.2) is 36.3 Å². The second-order valence-corrected chi connectivity index (χ2v) is 5.31. The Bertz CT molecular complexity index is 384. The van der Waals surface area contributed by atoms with Gasteiger partial charge in [-0.3, -0.25) is 9.59 Å². The van der Waals surface area contributed by atoms with Gasteiger partial charge >= 0.3 is 0 Å². The third-order valence-corrected chi connectivity index (χ3v) is 3.58. The van der Waals surface area contributed by atoms with Crippen LogP contribution in [0.25, 0.3) is 0 Å². The minimum absolute atomic E-state index is 0.0969. The zero-order chi connectivity index (χ0) is 14.1. The first-order chi connectivity index (χ1) is 9.19. The van der Waals surface area contributed by atoms with Gasteiger partial charge in [0.25, 0.3) is 5.91 Å². The molecule has 4 nitrogen and oxygen atoms in total. The molecule has 0 saturated heterocycles. The predicted molar refractivity (Wildman–Crippen MR) is 78.4 cm³/mol. The van der Waals surface area contributed by atoms with Crippen LogP contribution in [0.1, 0.15) is 42.8 Å². The lowest BCUT2D eigenvalue weighted by atomic mass is 10.3. The summed E-state index contributed by atoms with van der Waals surface area (Å²) in [6.45, 7) is 6.12. The van der Waals surface area contributed by atoms with E-state index in [1.807, 2.05) is 16.3 Å². The molecule has 0 atom stereocenters. The van der Waals surface area contributed by atoms with Gasteiger partial charge in [-0.1, -0.05) is 19.9 Å². The molecule has 0 bridgehead atoms. The number of nitrogens with zero attached hydrogens (tertiary/aromatic N) is 1. The van der Waals surface area contributed by atoms with E-state index in [0.717, 1.165) is 25.9 Å². The van der Waals surface area contributed by atoms with E-state index in [2.05, 4.69) is 19.2 Å². The Morgan fingerprint density at radius 1 is 1.26 bits per heavy atom. The fraction of sp³-hybridized carbons (Fsp3) is 0.571. The van der Waals surface area contributed by atoms with E-state index in [9.17, 15) is 9.59 Å². The Morgan fingerprint density at radius 3 is 2.47 bits per heavy atom. The maximum absolute atomic E-state index is 12.0. The molecule has 0 radical (unpaired) electrons. The first kappa shape index (κ1) is 15.7. The van der Waals surface area contributed by atoms with Gasteiger partial charge in [0.05, 0.1) is 4.88 Å². The number of hydrogen-bond acceptors (Lipinski definition) is 3. The van der Waals surface area contributed by atoms with Crippen molar-refractivity contribution in [2.75, 3.05) is 19.6 Å².